The summed E-state index contributed by atoms with van der Waals surface area (Å²) in [5.41, 5.74) is 3.05. The number of aryl methyl sites for hydroxylation is 1. The van der Waals surface area contributed by atoms with Gasteiger partial charge in [0.05, 0.1) is 10.9 Å². The van der Waals surface area contributed by atoms with Gasteiger partial charge in [-0.15, -0.1) is 11.3 Å². The minimum atomic E-state index is -0.126. The molecule has 132 valence electrons. The van der Waals surface area contributed by atoms with Crippen molar-refractivity contribution in [2.45, 2.75) is 46.1 Å². The van der Waals surface area contributed by atoms with Crippen LogP contribution in [0.2, 0.25) is 0 Å². The summed E-state index contributed by atoms with van der Waals surface area (Å²) in [6.45, 7) is 5.71. The number of nitrogens with one attached hydrogen (secondary N) is 2. The molecule has 1 heterocycles. The van der Waals surface area contributed by atoms with Gasteiger partial charge in [0.2, 0.25) is 5.91 Å². The molecule has 4 nitrogen and oxygen atoms in total. The Hall–Kier alpha value is -2.14. The Morgan fingerprint density at radius 1 is 1.28 bits per heavy atom. The maximum atomic E-state index is 12.6. The Labute approximate surface area is 152 Å². The lowest BCUT2D eigenvalue weighted by molar-refractivity contribution is -0.114. The third-order valence-corrected chi connectivity index (χ3v) is 5.84. The molecule has 0 bridgehead atoms. The van der Waals surface area contributed by atoms with Gasteiger partial charge in [0.25, 0.3) is 5.91 Å². The predicted octanol–water partition coefficient (Wildman–Crippen LogP) is 4.32. The molecular formula is C20H24N2O2S. The van der Waals surface area contributed by atoms with E-state index in [1.165, 1.54) is 23.8 Å². The molecule has 2 atom stereocenters. The first-order valence-corrected chi connectivity index (χ1v) is 9.54. The molecule has 0 spiro atoms. The highest BCUT2D eigenvalue weighted by atomic mass is 32.1. The largest absolute Gasteiger partial charge is 0.345 e. The number of carbonyl (C=O) groups is 2. The molecular weight excluding hydrogens is 332 g/mol. The van der Waals surface area contributed by atoms with Crippen LogP contribution in [0.5, 0.6) is 0 Å². The molecule has 1 aliphatic carbocycles. The van der Waals surface area contributed by atoms with Crippen molar-refractivity contribution in [1.29, 1.82) is 0 Å². The van der Waals surface area contributed by atoms with E-state index in [-0.39, 0.29) is 17.9 Å². The number of rotatable bonds is 4. The third kappa shape index (κ3) is 4.28. The van der Waals surface area contributed by atoms with Crippen molar-refractivity contribution in [3.8, 4) is 0 Å². The maximum absolute atomic E-state index is 12.6. The van der Waals surface area contributed by atoms with Gasteiger partial charge in [-0.25, -0.2) is 0 Å². The molecule has 3 rings (SSSR count). The molecule has 2 amide bonds. The van der Waals surface area contributed by atoms with Crippen LogP contribution in [0.15, 0.2) is 30.3 Å². The molecule has 5 heteroatoms. The molecule has 1 aliphatic rings. The quantitative estimate of drug-likeness (QED) is 0.857. The molecule has 1 aromatic carbocycles. The molecule has 2 aromatic rings. The van der Waals surface area contributed by atoms with Crippen molar-refractivity contribution >= 4 is 28.8 Å². The summed E-state index contributed by atoms with van der Waals surface area (Å²) in [6, 6.07) is 9.51. The topological polar surface area (TPSA) is 58.2 Å². The molecule has 1 aromatic heterocycles. The van der Waals surface area contributed by atoms with Crippen molar-refractivity contribution < 1.29 is 9.59 Å². The number of fused-ring (bicyclic) bond motifs is 1. The number of carbonyl (C=O) groups excluding carboxylic acids is 2. The number of anilines is 1. The maximum Gasteiger partial charge on any atom is 0.261 e. The summed E-state index contributed by atoms with van der Waals surface area (Å²) < 4.78 is 0. The lowest BCUT2D eigenvalue weighted by atomic mass is 9.90. The van der Waals surface area contributed by atoms with Crippen molar-refractivity contribution in [2.75, 3.05) is 5.32 Å². The minimum Gasteiger partial charge on any atom is -0.345 e. The molecule has 0 saturated heterocycles. The van der Waals surface area contributed by atoms with Crippen LogP contribution in [0, 0.1) is 5.92 Å². The van der Waals surface area contributed by atoms with Crippen LogP contribution < -0.4 is 10.6 Å². The van der Waals surface area contributed by atoms with E-state index in [0.717, 1.165) is 29.0 Å². The van der Waals surface area contributed by atoms with Gasteiger partial charge in [-0.05, 0) is 61.4 Å². The SMILES string of the molecule is CC(=O)Nc1cccc([C@H](C)NC(=O)c2cc3c(s2)CC[C@@H](C)C3)c1. The number of amides is 2. The van der Waals surface area contributed by atoms with Gasteiger partial charge >= 0.3 is 0 Å². The number of hydrogen-bond donors (Lipinski definition) is 2. The zero-order valence-corrected chi connectivity index (χ0v) is 15.7. The number of thiophene rings is 1. The number of hydrogen-bond acceptors (Lipinski definition) is 3. The van der Waals surface area contributed by atoms with Crippen molar-refractivity contribution in [3.63, 3.8) is 0 Å². The van der Waals surface area contributed by atoms with Crippen LogP contribution in [0.1, 0.15) is 58.9 Å². The Kier molecular flexibility index (Phi) is 5.23. The first kappa shape index (κ1) is 17.7. The van der Waals surface area contributed by atoms with Crippen molar-refractivity contribution in [2.24, 2.45) is 5.92 Å². The van der Waals surface area contributed by atoms with Crippen LogP contribution >= 0.6 is 11.3 Å². The smallest absolute Gasteiger partial charge is 0.261 e. The molecule has 2 N–H and O–H groups in total. The second-order valence-corrected chi connectivity index (χ2v) is 8.05. The number of benzene rings is 1. The fraction of sp³-hybridized carbons (Fsp3) is 0.400. The second kappa shape index (κ2) is 7.40. The Balaban J connectivity index is 1.69. The summed E-state index contributed by atoms with van der Waals surface area (Å²) in [5, 5.41) is 5.84. The van der Waals surface area contributed by atoms with Gasteiger partial charge in [-0.3, -0.25) is 9.59 Å². The third-order valence-electron chi connectivity index (χ3n) is 4.61. The Bertz CT molecular complexity index is 797. The highest BCUT2D eigenvalue weighted by Crippen LogP contribution is 2.32. The molecule has 0 radical (unpaired) electrons. The van der Waals surface area contributed by atoms with E-state index in [1.54, 1.807) is 11.3 Å². The van der Waals surface area contributed by atoms with Gasteiger partial charge in [-0.2, -0.15) is 0 Å². The Morgan fingerprint density at radius 3 is 2.84 bits per heavy atom. The van der Waals surface area contributed by atoms with Gasteiger partial charge < -0.3 is 10.6 Å². The summed E-state index contributed by atoms with van der Waals surface area (Å²) >= 11 is 1.63. The first-order valence-electron chi connectivity index (χ1n) is 8.72. The van der Waals surface area contributed by atoms with E-state index in [2.05, 4.69) is 23.6 Å². The van der Waals surface area contributed by atoms with E-state index < -0.39 is 0 Å². The molecule has 0 fully saturated rings. The molecule has 0 unspecified atom stereocenters. The predicted molar refractivity (Wildman–Crippen MR) is 102 cm³/mol. The standard InChI is InChI=1S/C20H24N2O2S/c1-12-7-8-18-16(9-12)11-19(25-18)20(24)21-13(2)15-5-4-6-17(10-15)22-14(3)23/h4-6,10-13H,7-9H2,1-3H3,(H,21,24)(H,22,23)/t12-,13+/m1/s1. The minimum absolute atomic E-state index is 0.0236. The molecule has 0 aliphatic heterocycles. The lowest BCUT2D eigenvalue weighted by Crippen LogP contribution is -2.26. The van der Waals surface area contributed by atoms with Gasteiger partial charge in [0.1, 0.15) is 0 Å². The fourth-order valence-corrected chi connectivity index (χ4v) is 4.37. The van der Waals surface area contributed by atoms with Crippen LogP contribution in [-0.4, -0.2) is 11.8 Å². The summed E-state index contributed by atoms with van der Waals surface area (Å²) in [4.78, 5) is 26.0. The van der Waals surface area contributed by atoms with Crippen LogP contribution in [0.4, 0.5) is 5.69 Å². The van der Waals surface area contributed by atoms with E-state index in [4.69, 9.17) is 0 Å². The van der Waals surface area contributed by atoms with E-state index >= 15 is 0 Å². The van der Waals surface area contributed by atoms with Crippen LogP contribution in [0.25, 0.3) is 0 Å². The van der Waals surface area contributed by atoms with Crippen LogP contribution in [0.3, 0.4) is 0 Å². The van der Waals surface area contributed by atoms with Gasteiger partial charge in [0, 0.05) is 17.5 Å². The average Bonchev–Trinajstić information content (AvgIpc) is 2.97. The van der Waals surface area contributed by atoms with E-state index in [1.807, 2.05) is 31.2 Å². The zero-order valence-electron chi connectivity index (χ0n) is 14.9. The van der Waals surface area contributed by atoms with Crippen molar-refractivity contribution in [3.05, 3.63) is 51.2 Å². The lowest BCUT2D eigenvalue weighted by Gasteiger charge is -2.16. The zero-order chi connectivity index (χ0) is 18.0. The summed E-state index contributed by atoms with van der Waals surface area (Å²) in [5.74, 6) is 0.574. The van der Waals surface area contributed by atoms with Gasteiger partial charge in [0.15, 0.2) is 0 Å². The fourth-order valence-electron chi connectivity index (χ4n) is 3.26. The van der Waals surface area contributed by atoms with Crippen LogP contribution in [-0.2, 0) is 17.6 Å². The van der Waals surface area contributed by atoms with Gasteiger partial charge in [-0.1, -0.05) is 19.1 Å². The normalized spacial score (nSPS) is 17.5. The monoisotopic (exact) mass is 356 g/mol. The Morgan fingerprint density at radius 2 is 2.08 bits per heavy atom. The highest BCUT2D eigenvalue weighted by molar-refractivity contribution is 7.14. The summed E-state index contributed by atoms with van der Waals surface area (Å²) in [6.07, 6.45) is 3.37. The molecule has 0 saturated carbocycles. The first-order chi connectivity index (χ1) is 11.9. The second-order valence-electron chi connectivity index (χ2n) is 6.91. The highest BCUT2D eigenvalue weighted by Gasteiger charge is 2.21. The van der Waals surface area contributed by atoms with E-state index in [0.29, 0.717) is 5.92 Å². The summed E-state index contributed by atoms with van der Waals surface area (Å²) in [7, 11) is 0. The van der Waals surface area contributed by atoms with E-state index in [9.17, 15) is 9.59 Å². The molecule has 25 heavy (non-hydrogen) atoms. The van der Waals surface area contributed by atoms with Crippen molar-refractivity contribution in [1.82, 2.24) is 5.32 Å². The average molecular weight is 356 g/mol.